The minimum absolute atomic E-state index is 0.0479. The number of halogens is 3. The van der Waals surface area contributed by atoms with E-state index in [1.165, 1.54) is 0 Å². The first-order valence-corrected chi connectivity index (χ1v) is 8.99. The Balaban J connectivity index is 1.78. The van der Waals surface area contributed by atoms with Crippen LogP contribution in [0, 0.1) is 17.3 Å². The summed E-state index contributed by atoms with van der Waals surface area (Å²) in [4.78, 5) is 26.9. The van der Waals surface area contributed by atoms with Gasteiger partial charge in [0.2, 0.25) is 5.91 Å². The molecule has 148 valence electrons. The minimum atomic E-state index is -4.68. The molecule has 0 bridgehead atoms. The molecule has 2 heterocycles. The Morgan fingerprint density at radius 3 is 2.44 bits per heavy atom. The van der Waals surface area contributed by atoms with Gasteiger partial charge in [-0.3, -0.25) is 14.5 Å². The highest BCUT2D eigenvalue weighted by Crippen LogP contribution is 2.48. The Kier molecular flexibility index (Phi) is 5.20. The fourth-order valence-corrected chi connectivity index (χ4v) is 4.15. The number of hydrogen-bond donors (Lipinski definition) is 1. The molecule has 2 aliphatic rings. The molecule has 8 heteroatoms. The van der Waals surface area contributed by atoms with Gasteiger partial charge in [0.1, 0.15) is 0 Å². The molecule has 0 saturated carbocycles. The zero-order valence-corrected chi connectivity index (χ0v) is 15.1. The number of carboxylic acid groups (broad SMARTS) is 1. The van der Waals surface area contributed by atoms with Gasteiger partial charge in [0, 0.05) is 26.2 Å². The zero-order chi connectivity index (χ0) is 19.8. The van der Waals surface area contributed by atoms with Crippen molar-refractivity contribution in [2.45, 2.75) is 26.1 Å². The van der Waals surface area contributed by atoms with E-state index in [2.05, 4.69) is 0 Å². The maximum atomic E-state index is 14.0. The fourth-order valence-electron chi connectivity index (χ4n) is 4.15. The van der Waals surface area contributed by atoms with Crippen molar-refractivity contribution < 1.29 is 27.9 Å². The lowest BCUT2D eigenvalue weighted by Gasteiger charge is -2.34. The number of hydrogen-bond acceptors (Lipinski definition) is 3. The highest BCUT2D eigenvalue weighted by molar-refractivity contribution is 5.85. The molecule has 1 aromatic carbocycles. The second kappa shape index (κ2) is 7.14. The van der Waals surface area contributed by atoms with Crippen LogP contribution in [0.25, 0.3) is 0 Å². The van der Waals surface area contributed by atoms with Crippen molar-refractivity contribution in [3.05, 3.63) is 35.9 Å². The number of carbonyl (C=O) groups is 2. The van der Waals surface area contributed by atoms with Crippen molar-refractivity contribution in [1.82, 2.24) is 9.80 Å². The average molecular weight is 384 g/mol. The summed E-state index contributed by atoms with van der Waals surface area (Å²) >= 11 is 0. The molecule has 1 amide bonds. The molecular formula is C19H23F3N2O3. The van der Waals surface area contributed by atoms with E-state index in [9.17, 15) is 27.9 Å². The molecule has 2 saturated heterocycles. The average Bonchev–Trinajstić information content (AvgIpc) is 3.19. The largest absolute Gasteiger partial charge is 0.481 e. The number of carbonyl (C=O) groups excluding carboxylic acids is 1. The number of benzene rings is 1. The molecule has 0 radical (unpaired) electrons. The zero-order valence-electron chi connectivity index (χ0n) is 15.1. The molecule has 3 atom stereocenters. The predicted octanol–water partition coefficient (Wildman–Crippen LogP) is 2.62. The van der Waals surface area contributed by atoms with E-state index in [0.29, 0.717) is 6.54 Å². The van der Waals surface area contributed by atoms with Gasteiger partial charge in [0.05, 0.1) is 5.92 Å². The quantitative estimate of drug-likeness (QED) is 0.867. The first-order valence-electron chi connectivity index (χ1n) is 8.99. The van der Waals surface area contributed by atoms with Crippen LogP contribution in [-0.2, 0) is 16.1 Å². The normalized spacial score (nSPS) is 29.3. The summed E-state index contributed by atoms with van der Waals surface area (Å²) in [5.41, 5.74) is -1.57. The van der Waals surface area contributed by atoms with Gasteiger partial charge in [-0.25, -0.2) is 0 Å². The van der Waals surface area contributed by atoms with Crippen LogP contribution < -0.4 is 0 Å². The summed E-state index contributed by atoms with van der Waals surface area (Å²) in [6, 6.07) is 9.17. The fraction of sp³-hybridized carbons (Fsp3) is 0.579. The molecule has 1 aromatic rings. The van der Waals surface area contributed by atoms with E-state index >= 15 is 0 Å². The number of carboxylic acids is 1. The molecule has 0 aliphatic carbocycles. The molecule has 1 unspecified atom stereocenters. The number of nitrogens with zero attached hydrogens (tertiary/aromatic N) is 2. The van der Waals surface area contributed by atoms with Crippen molar-refractivity contribution in [3.63, 3.8) is 0 Å². The second-order valence-electron chi connectivity index (χ2n) is 7.66. The Morgan fingerprint density at radius 2 is 1.89 bits per heavy atom. The lowest BCUT2D eigenvalue weighted by molar-refractivity contribution is -0.223. The monoisotopic (exact) mass is 384 g/mol. The Morgan fingerprint density at radius 1 is 1.22 bits per heavy atom. The smallest absolute Gasteiger partial charge is 0.404 e. The van der Waals surface area contributed by atoms with Crippen LogP contribution in [-0.4, -0.2) is 59.1 Å². The summed E-state index contributed by atoms with van der Waals surface area (Å²) in [7, 11) is 0. The Bertz CT molecular complexity index is 710. The van der Waals surface area contributed by atoms with Crippen LogP contribution in [0.4, 0.5) is 13.2 Å². The molecule has 0 aromatic heterocycles. The standard InChI is InChI=1S/C19H23F3N2O3/c1-13-9-24(11-15(13)16(25)26)17(27)18(19(20,21)22)7-8-23(12-18)10-14-5-3-2-4-6-14/h2-6,13,15H,7-12H2,1H3,(H,25,26)/t13-,15-,18?/m1/s1. The van der Waals surface area contributed by atoms with E-state index < -0.39 is 35.9 Å². The van der Waals surface area contributed by atoms with Gasteiger partial charge in [0.25, 0.3) is 0 Å². The molecule has 2 fully saturated rings. The number of alkyl halides is 3. The highest BCUT2D eigenvalue weighted by atomic mass is 19.4. The third-order valence-electron chi connectivity index (χ3n) is 5.77. The van der Waals surface area contributed by atoms with Gasteiger partial charge in [-0.05, 0) is 24.4 Å². The first kappa shape index (κ1) is 19.7. The van der Waals surface area contributed by atoms with Crippen molar-refractivity contribution in [3.8, 4) is 0 Å². The third-order valence-corrected chi connectivity index (χ3v) is 5.77. The summed E-state index contributed by atoms with van der Waals surface area (Å²) in [6.07, 6.45) is -4.98. The number of likely N-dealkylation sites (tertiary alicyclic amines) is 2. The summed E-state index contributed by atoms with van der Waals surface area (Å²) in [5, 5.41) is 9.21. The van der Waals surface area contributed by atoms with Crippen molar-refractivity contribution in [2.75, 3.05) is 26.2 Å². The number of amides is 1. The van der Waals surface area contributed by atoms with E-state index in [0.717, 1.165) is 10.5 Å². The highest BCUT2D eigenvalue weighted by Gasteiger charge is 2.64. The summed E-state index contributed by atoms with van der Waals surface area (Å²) in [6.45, 7) is 1.67. The first-order chi connectivity index (χ1) is 12.6. The second-order valence-corrected chi connectivity index (χ2v) is 7.66. The molecule has 1 N–H and O–H groups in total. The maximum Gasteiger partial charge on any atom is 0.404 e. The topological polar surface area (TPSA) is 60.9 Å². The van der Waals surface area contributed by atoms with E-state index in [1.807, 2.05) is 30.3 Å². The van der Waals surface area contributed by atoms with E-state index in [1.54, 1.807) is 11.8 Å². The molecule has 5 nitrogen and oxygen atoms in total. The van der Waals surface area contributed by atoms with E-state index in [-0.39, 0.29) is 32.0 Å². The van der Waals surface area contributed by atoms with Crippen molar-refractivity contribution in [1.29, 1.82) is 0 Å². The number of rotatable bonds is 4. The van der Waals surface area contributed by atoms with Gasteiger partial charge < -0.3 is 10.0 Å². The molecule has 27 heavy (non-hydrogen) atoms. The van der Waals surface area contributed by atoms with Crippen molar-refractivity contribution in [2.24, 2.45) is 17.3 Å². The lowest BCUT2D eigenvalue weighted by Crippen LogP contribution is -2.53. The van der Waals surface area contributed by atoms with Gasteiger partial charge in [0.15, 0.2) is 5.41 Å². The van der Waals surface area contributed by atoms with Crippen LogP contribution in [0.15, 0.2) is 30.3 Å². The maximum absolute atomic E-state index is 14.0. The predicted molar refractivity (Wildman–Crippen MR) is 91.7 cm³/mol. The number of aliphatic carboxylic acids is 1. The lowest BCUT2D eigenvalue weighted by atomic mass is 9.84. The summed E-state index contributed by atoms with van der Waals surface area (Å²) in [5.74, 6) is -3.24. The van der Waals surface area contributed by atoms with E-state index in [4.69, 9.17) is 0 Å². The third kappa shape index (κ3) is 3.67. The minimum Gasteiger partial charge on any atom is -0.481 e. The van der Waals surface area contributed by atoms with Gasteiger partial charge >= 0.3 is 12.1 Å². The van der Waals surface area contributed by atoms with Crippen LogP contribution in [0.3, 0.4) is 0 Å². The molecular weight excluding hydrogens is 361 g/mol. The van der Waals surface area contributed by atoms with Crippen LogP contribution >= 0.6 is 0 Å². The van der Waals surface area contributed by atoms with Crippen LogP contribution in [0.1, 0.15) is 18.9 Å². The molecule has 3 rings (SSSR count). The van der Waals surface area contributed by atoms with Gasteiger partial charge in [-0.1, -0.05) is 37.3 Å². The molecule has 2 aliphatic heterocycles. The molecule has 0 spiro atoms. The van der Waals surface area contributed by atoms with Crippen LogP contribution in [0.2, 0.25) is 0 Å². The Hall–Kier alpha value is -2.09. The van der Waals surface area contributed by atoms with Gasteiger partial charge in [-0.2, -0.15) is 13.2 Å². The summed E-state index contributed by atoms with van der Waals surface area (Å²) < 4.78 is 42.0. The van der Waals surface area contributed by atoms with Gasteiger partial charge in [-0.15, -0.1) is 0 Å². The van der Waals surface area contributed by atoms with Crippen LogP contribution in [0.5, 0.6) is 0 Å². The SMILES string of the molecule is C[C@@H]1CN(C(=O)C2(C(F)(F)F)CCN(Cc3ccccc3)C2)C[C@H]1C(=O)O. The Labute approximate surface area is 155 Å². The van der Waals surface area contributed by atoms with Crippen molar-refractivity contribution >= 4 is 11.9 Å².